The molecule has 1 aromatic heterocycles. The van der Waals surface area contributed by atoms with E-state index < -0.39 is 0 Å². The highest BCUT2D eigenvalue weighted by atomic mass is 16.5. The molecule has 6 nitrogen and oxygen atoms in total. The van der Waals surface area contributed by atoms with Crippen LogP contribution in [0.1, 0.15) is 35.2 Å². The minimum absolute atomic E-state index is 0.0405. The molecule has 0 spiro atoms. The number of hydrogen-bond donors (Lipinski definition) is 0. The normalized spacial score (nSPS) is 24.1. The molecule has 0 saturated carbocycles. The van der Waals surface area contributed by atoms with E-state index >= 15 is 0 Å². The first-order chi connectivity index (χ1) is 10.6. The Morgan fingerprint density at radius 2 is 2.14 bits per heavy atom. The van der Waals surface area contributed by atoms with E-state index in [1.54, 1.807) is 13.3 Å². The maximum Gasteiger partial charge on any atom is 0.310 e. The van der Waals surface area contributed by atoms with Gasteiger partial charge in [0.1, 0.15) is 0 Å². The lowest BCUT2D eigenvalue weighted by Crippen LogP contribution is -2.48. The van der Waals surface area contributed by atoms with Crippen LogP contribution in [-0.4, -0.2) is 48.6 Å². The molecule has 0 bridgehead atoms. The number of rotatable bonds is 2. The van der Waals surface area contributed by atoms with Gasteiger partial charge in [0.15, 0.2) is 0 Å². The molecule has 1 fully saturated rings. The highest BCUT2D eigenvalue weighted by Gasteiger charge is 2.37. The number of amides is 1. The zero-order valence-electron chi connectivity index (χ0n) is 12.9. The molecule has 3 rings (SSSR count). The number of methoxy groups -OCH3 is 2. The number of piperidine rings is 1. The SMILES string of the molecule is COC(=O)[C@@H]1CC[C@H]2CCc3cc(OC)ncc3C(=O)N2C1. The predicted octanol–water partition coefficient (Wildman–Crippen LogP) is 1.43. The van der Waals surface area contributed by atoms with Crippen molar-refractivity contribution in [1.29, 1.82) is 0 Å². The van der Waals surface area contributed by atoms with Crippen LogP contribution < -0.4 is 4.74 Å². The Morgan fingerprint density at radius 3 is 2.86 bits per heavy atom. The van der Waals surface area contributed by atoms with E-state index in [0.29, 0.717) is 18.0 Å². The molecule has 3 heterocycles. The van der Waals surface area contributed by atoms with E-state index in [-0.39, 0.29) is 23.8 Å². The van der Waals surface area contributed by atoms with Gasteiger partial charge in [-0.05, 0) is 31.2 Å². The second-order valence-corrected chi connectivity index (χ2v) is 5.83. The van der Waals surface area contributed by atoms with Gasteiger partial charge in [-0.1, -0.05) is 0 Å². The quantitative estimate of drug-likeness (QED) is 0.773. The van der Waals surface area contributed by atoms with Gasteiger partial charge in [-0.25, -0.2) is 4.98 Å². The third-order valence-electron chi connectivity index (χ3n) is 4.65. The number of nitrogens with zero attached hydrogens (tertiary/aromatic N) is 2. The molecule has 118 valence electrons. The van der Waals surface area contributed by atoms with Gasteiger partial charge in [0, 0.05) is 24.8 Å². The van der Waals surface area contributed by atoms with Crippen molar-refractivity contribution in [2.45, 2.75) is 31.7 Å². The van der Waals surface area contributed by atoms with Crippen molar-refractivity contribution in [1.82, 2.24) is 9.88 Å². The van der Waals surface area contributed by atoms with Crippen LogP contribution in [0.15, 0.2) is 12.3 Å². The minimum atomic E-state index is -0.233. The molecule has 0 aromatic carbocycles. The number of aromatic nitrogens is 1. The number of hydrogen-bond acceptors (Lipinski definition) is 5. The average Bonchev–Trinajstić information content (AvgIpc) is 2.70. The fourth-order valence-electron chi connectivity index (χ4n) is 3.40. The van der Waals surface area contributed by atoms with Crippen LogP contribution in [0.3, 0.4) is 0 Å². The molecule has 0 radical (unpaired) electrons. The van der Waals surface area contributed by atoms with E-state index in [2.05, 4.69) is 4.98 Å². The van der Waals surface area contributed by atoms with Crippen molar-refractivity contribution in [2.75, 3.05) is 20.8 Å². The van der Waals surface area contributed by atoms with Crippen LogP contribution in [0.2, 0.25) is 0 Å². The maximum atomic E-state index is 12.8. The fraction of sp³-hybridized carbons (Fsp3) is 0.562. The predicted molar refractivity (Wildman–Crippen MR) is 78.7 cm³/mol. The van der Waals surface area contributed by atoms with E-state index in [1.807, 2.05) is 11.0 Å². The Labute approximate surface area is 129 Å². The highest BCUT2D eigenvalue weighted by molar-refractivity contribution is 5.96. The van der Waals surface area contributed by atoms with Crippen LogP contribution in [-0.2, 0) is 16.0 Å². The minimum Gasteiger partial charge on any atom is -0.481 e. The zero-order chi connectivity index (χ0) is 15.7. The summed E-state index contributed by atoms with van der Waals surface area (Å²) in [7, 11) is 2.96. The summed E-state index contributed by atoms with van der Waals surface area (Å²) in [5.74, 6) is 0.0293. The first kappa shape index (κ1) is 14.8. The van der Waals surface area contributed by atoms with E-state index in [9.17, 15) is 9.59 Å². The summed E-state index contributed by atoms with van der Waals surface area (Å²) in [6.07, 6.45) is 4.92. The number of carbonyl (C=O) groups is 2. The zero-order valence-corrected chi connectivity index (χ0v) is 12.9. The van der Waals surface area contributed by atoms with Crippen molar-refractivity contribution in [2.24, 2.45) is 5.92 Å². The summed E-state index contributed by atoms with van der Waals surface area (Å²) in [5, 5.41) is 0. The summed E-state index contributed by atoms with van der Waals surface area (Å²) >= 11 is 0. The molecule has 0 N–H and O–H groups in total. The Bertz CT molecular complexity index is 602. The first-order valence-corrected chi connectivity index (χ1v) is 7.55. The molecule has 2 atom stereocenters. The third-order valence-corrected chi connectivity index (χ3v) is 4.65. The Balaban J connectivity index is 1.88. The monoisotopic (exact) mass is 304 g/mol. The molecule has 1 aromatic rings. The highest BCUT2D eigenvalue weighted by Crippen LogP contribution is 2.31. The smallest absolute Gasteiger partial charge is 0.310 e. The van der Waals surface area contributed by atoms with Gasteiger partial charge in [0.05, 0.1) is 25.7 Å². The van der Waals surface area contributed by atoms with Crippen LogP contribution in [0.25, 0.3) is 0 Å². The first-order valence-electron chi connectivity index (χ1n) is 7.55. The largest absolute Gasteiger partial charge is 0.481 e. The second-order valence-electron chi connectivity index (χ2n) is 5.83. The molecule has 6 heteroatoms. The standard InChI is InChI=1S/C16H20N2O4/c1-21-14-7-10-3-5-12-6-4-11(16(20)22-2)9-18(12)15(19)13(10)8-17-14/h7-8,11-12H,3-6,9H2,1-2H3/t11-,12-/m1/s1. The van der Waals surface area contributed by atoms with Crippen LogP contribution in [0.4, 0.5) is 0 Å². The lowest BCUT2D eigenvalue weighted by Gasteiger charge is -2.37. The van der Waals surface area contributed by atoms with Crippen LogP contribution >= 0.6 is 0 Å². The summed E-state index contributed by atoms with van der Waals surface area (Å²) < 4.78 is 9.97. The molecule has 0 unspecified atom stereocenters. The summed E-state index contributed by atoms with van der Waals surface area (Å²) in [6.45, 7) is 0.432. The van der Waals surface area contributed by atoms with Gasteiger partial charge in [0.25, 0.3) is 5.91 Å². The van der Waals surface area contributed by atoms with Crippen molar-refractivity contribution in [3.05, 3.63) is 23.4 Å². The van der Waals surface area contributed by atoms with Gasteiger partial charge >= 0.3 is 5.97 Å². The van der Waals surface area contributed by atoms with Crippen LogP contribution in [0.5, 0.6) is 5.88 Å². The Hall–Kier alpha value is -2.11. The molecule has 2 aliphatic rings. The molecule has 1 saturated heterocycles. The number of esters is 1. The third kappa shape index (κ3) is 2.53. The fourth-order valence-corrected chi connectivity index (χ4v) is 3.40. The van der Waals surface area contributed by atoms with Crippen molar-refractivity contribution < 1.29 is 19.1 Å². The Kier molecular flexibility index (Phi) is 4.00. The number of ether oxygens (including phenoxy) is 2. The van der Waals surface area contributed by atoms with Gasteiger partial charge in [-0.3, -0.25) is 9.59 Å². The van der Waals surface area contributed by atoms with Gasteiger partial charge in [0.2, 0.25) is 5.88 Å². The number of aryl methyl sites for hydroxylation is 1. The topological polar surface area (TPSA) is 68.7 Å². The van der Waals surface area contributed by atoms with Crippen LogP contribution in [0, 0.1) is 5.92 Å². The van der Waals surface area contributed by atoms with E-state index in [4.69, 9.17) is 9.47 Å². The number of carbonyl (C=O) groups excluding carboxylic acids is 2. The number of fused-ring (bicyclic) bond motifs is 2. The molecule has 1 amide bonds. The molecular weight excluding hydrogens is 284 g/mol. The average molecular weight is 304 g/mol. The lowest BCUT2D eigenvalue weighted by atomic mass is 9.91. The lowest BCUT2D eigenvalue weighted by molar-refractivity contribution is -0.147. The molecule has 2 aliphatic heterocycles. The van der Waals surface area contributed by atoms with Crippen molar-refractivity contribution >= 4 is 11.9 Å². The second kappa shape index (κ2) is 5.94. The van der Waals surface area contributed by atoms with E-state index in [1.165, 1.54) is 7.11 Å². The summed E-state index contributed by atoms with van der Waals surface area (Å²) in [6, 6.07) is 2.02. The van der Waals surface area contributed by atoms with E-state index in [0.717, 1.165) is 31.2 Å². The number of pyridine rings is 1. The van der Waals surface area contributed by atoms with Gasteiger partial charge in [-0.15, -0.1) is 0 Å². The summed E-state index contributed by atoms with van der Waals surface area (Å²) in [4.78, 5) is 30.6. The molecule has 0 aliphatic carbocycles. The van der Waals surface area contributed by atoms with Crippen molar-refractivity contribution in [3.8, 4) is 5.88 Å². The molecule has 22 heavy (non-hydrogen) atoms. The maximum absolute atomic E-state index is 12.8. The van der Waals surface area contributed by atoms with Gasteiger partial charge < -0.3 is 14.4 Å². The van der Waals surface area contributed by atoms with Gasteiger partial charge in [-0.2, -0.15) is 0 Å². The summed E-state index contributed by atoms with van der Waals surface area (Å²) in [5.41, 5.74) is 1.59. The molecular formula is C16H20N2O4. The Morgan fingerprint density at radius 1 is 1.32 bits per heavy atom. The van der Waals surface area contributed by atoms with Crippen molar-refractivity contribution in [3.63, 3.8) is 0 Å².